The molecule has 0 aliphatic heterocycles. The lowest BCUT2D eigenvalue weighted by Gasteiger charge is -1.99. The molecular weight excluding hydrogens is 192 g/mol. The average molecular weight is 204 g/mol. The molecule has 5 nitrogen and oxygen atoms in total. The summed E-state index contributed by atoms with van der Waals surface area (Å²) in [6, 6.07) is 1.82. The van der Waals surface area contributed by atoms with Gasteiger partial charge in [-0.3, -0.25) is 4.98 Å². The number of carbonyl (C=O) groups is 1. The number of aromatic nitrogens is 4. The standard InChI is InChI=1S/C10H12N4O/c1-8(15)3-2-6-14-10-7-11-5-4-9(10)12-13-14/h4-5,7H,2-3,6H2,1H3. The molecule has 2 aromatic heterocycles. The van der Waals surface area contributed by atoms with Crippen molar-refractivity contribution in [3.8, 4) is 0 Å². The number of carbonyl (C=O) groups excluding carboxylic acids is 1. The van der Waals surface area contributed by atoms with Gasteiger partial charge in [-0.25, -0.2) is 4.68 Å². The fourth-order valence-corrected chi connectivity index (χ4v) is 1.46. The van der Waals surface area contributed by atoms with E-state index in [1.807, 2.05) is 6.07 Å². The van der Waals surface area contributed by atoms with Crippen LogP contribution in [-0.4, -0.2) is 25.8 Å². The summed E-state index contributed by atoms with van der Waals surface area (Å²) < 4.78 is 1.78. The van der Waals surface area contributed by atoms with Gasteiger partial charge in [0.1, 0.15) is 16.8 Å². The minimum absolute atomic E-state index is 0.206. The number of fused-ring (bicyclic) bond motifs is 1. The zero-order valence-electron chi connectivity index (χ0n) is 8.55. The first-order chi connectivity index (χ1) is 7.27. The fourth-order valence-electron chi connectivity index (χ4n) is 1.46. The molecule has 0 radical (unpaired) electrons. The maximum absolute atomic E-state index is 10.8. The van der Waals surface area contributed by atoms with Gasteiger partial charge in [0.25, 0.3) is 0 Å². The quantitative estimate of drug-likeness (QED) is 0.750. The minimum atomic E-state index is 0.206. The molecule has 2 rings (SSSR count). The van der Waals surface area contributed by atoms with Crippen LogP contribution in [0.1, 0.15) is 19.8 Å². The zero-order chi connectivity index (χ0) is 10.7. The van der Waals surface area contributed by atoms with Gasteiger partial charge in [-0.05, 0) is 19.4 Å². The Morgan fingerprint density at radius 2 is 2.40 bits per heavy atom. The van der Waals surface area contributed by atoms with Crippen LogP contribution in [0.2, 0.25) is 0 Å². The van der Waals surface area contributed by atoms with Crippen LogP contribution >= 0.6 is 0 Å². The summed E-state index contributed by atoms with van der Waals surface area (Å²) in [5.41, 5.74) is 1.76. The molecule has 5 heteroatoms. The molecule has 0 saturated heterocycles. The Labute approximate surface area is 87.1 Å². The maximum Gasteiger partial charge on any atom is 0.129 e. The fraction of sp³-hybridized carbons (Fsp3) is 0.400. The van der Waals surface area contributed by atoms with E-state index in [9.17, 15) is 4.79 Å². The third-order valence-electron chi connectivity index (χ3n) is 2.21. The van der Waals surface area contributed by atoms with Crippen molar-refractivity contribution in [2.45, 2.75) is 26.3 Å². The van der Waals surface area contributed by atoms with Crippen molar-refractivity contribution < 1.29 is 4.79 Å². The largest absolute Gasteiger partial charge is 0.300 e. The molecule has 0 amide bonds. The molecule has 0 saturated carbocycles. The van der Waals surface area contributed by atoms with Gasteiger partial charge in [-0.15, -0.1) is 5.10 Å². The third-order valence-corrected chi connectivity index (χ3v) is 2.21. The number of hydrogen-bond donors (Lipinski definition) is 0. The summed E-state index contributed by atoms with van der Waals surface area (Å²) in [4.78, 5) is 14.8. The number of nitrogens with zero attached hydrogens (tertiary/aromatic N) is 4. The predicted molar refractivity (Wildman–Crippen MR) is 55.2 cm³/mol. The minimum Gasteiger partial charge on any atom is -0.300 e. The van der Waals surface area contributed by atoms with Gasteiger partial charge in [-0.1, -0.05) is 5.21 Å². The van der Waals surface area contributed by atoms with Crippen LogP contribution < -0.4 is 0 Å². The SMILES string of the molecule is CC(=O)CCCn1nnc2ccncc21. The summed E-state index contributed by atoms with van der Waals surface area (Å²) >= 11 is 0. The highest BCUT2D eigenvalue weighted by Crippen LogP contribution is 2.08. The first kappa shape index (κ1) is 9.76. The van der Waals surface area contributed by atoms with Gasteiger partial charge in [0, 0.05) is 19.2 Å². The predicted octanol–water partition coefficient (Wildman–Crippen LogP) is 1.20. The first-order valence-electron chi connectivity index (χ1n) is 4.90. The number of rotatable bonds is 4. The topological polar surface area (TPSA) is 60.7 Å². The summed E-state index contributed by atoms with van der Waals surface area (Å²) in [6.07, 6.45) is 4.81. The summed E-state index contributed by atoms with van der Waals surface area (Å²) in [5, 5.41) is 8.01. The van der Waals surface area contributed by atoms with E-state index in [2.05, 4.69) is 15.3 Å². The summed E-state index contributed by atoms with van der Waals surface area (Å²) in [7, 11) is 0. The number of aryl methyl sites for hydroxylation is 1. The highest BCUT2D eigenvalue weighted by atomic mass is 16.1. The second kappa shape index (κ2) is 4.16. The van der Waals surface area contributed by atoms with Crippen molar-refractivity contribution in [1.29, 1.82) is 0 Å². The number of Topliss-reactive ketones (excluding diaryl/α,β-unsaturated/α-hetero) is 1. The Bertz CT molecular complexity index is 477. The van der Waals surface area contributed by atoms with E-state index in [0.717, 1.165) is 17.5 Å². The van der Waals surface area contributed by atoms with Crippen LogP contribution in [0.3, 0.4) is 0 Å². The van der Waals surface area contributed by atoms with Gasteiger partial charge in [0.05, 0.1) is 6.20 Å². The van der Waals surface area contributed by atoms with Gasteiger partial charge < -0.3 is 4.79 Å². The molecule has 0 atom stereocenters. The molecule has 2 heterocycles. The van der Waals surface area contributed by atoms with E-state index in [1.54, 1.807) is 24.0 Å². The van der Waals surface area contributed by atoms with Crippen molar-refractivity contribution in [3.63, 3.8) is 0 Å². The van der Waals surface area contributed by atoms with Crippen molar-refractivity contribution in [1.82, 2.24) is 20.0 Å². The van der Waals surface area contributed by atoms with Gasteiger partial charge in [0.2, 0.25) is 0 Å². The van der Waals surface area contributed by atoms with Crippen LogP contribution in [-0.2, 0) is 11.3 Å². The maximum atomic E-state index is 10.8. The Hall–Kier alpha value is -1.78. The van der Waals surface area contributed by atoms with Crippen LogP contribution in [0.25, 0.3) is 11.0 Å². The first-order valence-corrected chi connectivity index (χ1v) is 4.90. The van der Waals surface area contributed by atoms with Crippen molar-refractivity contribution in [2.24, 2.45) is 0 Å². The molecule has 0 unspecified atom stereocenters. The molecule has 0 aliphatic rings. The van der Waals surface area contributed by atoms with Crippen molar-refractivity contribution >= 4 is 16.8 Å². The number of hydrogen-bond acceptors (Lipinski definition) is 4. The van der Waals surface area contributed by atoms with E-state index in [0.29, 0.717) is 13.0 Å². The molecule has 0 aromatic carbocycles. The highest BCUT2D eigenvalue weighted by molar-refractivity contribution is 5.75. The van der Waals surface area contributed by atoms with Gasteiger partial charge >= 0.3 is 0 Å². The lowest BCUT2D eigenvalue weighted by atomic mass is 10.2. The lowest BCUT2D eigenvalue weighted by Crippen LogP contribution is -2.02. The number of ketones is 1. The lowest BCUT2D eigenvalue weighted by molar-refractivity contribution is -0.117. The zero-order valence-corrected chi connectivity index (χ0v) is 8.55. The van der Waals surface area contributed by atoms with Crippen LogP contribution in [0.4, 0.5) is 0 Å². The normalized spacial score (nSPS) is 10.7. The third kappa shape index (κ3) is 2.18. The van der Waals surface area contributed by atoms with E-state index < -0.39 is 0 Å². The van der Waals surface area contributed by atoms with Crippen LogP contribution in [0.15, 0.2) is 18.5 Å². The Kier molecular flexibility index (Phi) is 2.71. The Morgan fingerprint density at radius 3 is 3.20 bits per heavy atom. The van der Waals surface area contributed by atoms with E-state index >= 15 is 0 Å². The molecule has 0 bridgehead atoms. The Morgan fingerprint density at radius 1 is 1.53 bits per heavy atom. The molecule has 0 aliphatic carbocycles. The van der Waals surface area contributed by atoms with Crippen molar-refractivity contribution in [3.05, 3.63) is 18.5 Å². The highest BCUT2D eigenvalue weighted by Gasteiger charge is 2.03. The molecule has 0 spiro atoms. The van der Waals surface area contributed by atoms with E-state index in [1.165, 1.54) is 0 Å². The molecule has 0 N–H and O–H groups in total. The second-order valence-corrected chi connectivity index (χ2v) is 3.48. The van der Waals surface area contributed by atoms with Crippen LogP contribution in [0, 0.1) is 0 Å². The second-order valence-electron chi connectivity index (χ2n) is 3.48. The molecule has 15 heavy (non-hydrogen) atoms. The van der Waals surface area contributed by atoms with Gasteiger partial charge in [-0.2, -0.15) is 0 Å². The Balaban J connectivity index is 2.11. The molecule has 2 aromatic rings. The molecule has 78 valence electrons. The number of pyridine rings is 1. The van der Waals surface area contributed by atoms with Gasteiger partial charge in [0.15, 0.2) is 0 Å². The average Bonchev–Trinajstić information content (AvgIpc) is 2.62. The van der Waals surface area contributed by atoms with E-state index in [-0.39, 0.29) is 5.78 Å². The van der Waals surface area contributed by atoms with Crippen molar-refractivity contribution in [2.75, 3.05) is 0 Å². The van der Waals surface area contributed by atoms with E-state index in [4.69, 9.17) is 0 Å². The molecule has 0 fully saturated rings. The summed E-state index contributed by atoms with van der Waals surface area (Å²) in [6.45, 7) is 2.31. The monoisotopic (exact) mass is 204 g/mol. The summed E-state index contributed by atoms with van der Waals surface area (Å²) in [5.74, 6) is 0.206. The van der Waals surface area contributed by atoms with Crippen LogP contribution in [0.5, 0.6) is 0 Å². The smallest absolute Gasteiger partial charge is 0.129 e. The molecular formula is C10H12N4O.